The van der Waals surface area contributed by atoms with Crippen LogP contribution in [0.2, 0.25) is 0 Å². The molecular formula is C50H34N4. The van der Waals surface area contributed by atoms with E-state index in [4.69, 9.17) is 0 Å². The van der Waals surface area contributed by atoms with Gasteiger partial charge in [0.25, 0.3) is 0 Å². The average Bonchev–Trinajstić information content (AvgIpc) is 3.77. The van der Waals surface area contributed by atoms with Crippen molar-refractivity contribution in [3.8, 4) is 40.1 Å². The summed E-state index contributed by atoms with van der Waals surface area (Å²) in [5.41, 5.74) is 15.5. The molecule has 4 nitrogen and oxygen atoms in total. The van der Waals surface area contributed by atoms with Crippen LogP contribution in [0.25, 0.3) is 50.5 Å². The molecule has 254 valence electrons. The maximum absolute atomic E-state index is 10.4. The minimum Gasteiger partial charge on any atom is -0.333 e. The fraction of sp³-hybridized carbons (Fsp3) is 0.0800. The number of hydrogen-bond acceptors (Lipinski definition) is 3. The molecule has 6 aromatic carbocycles. The lowest BCUT2D eigenvalue weighted by atomic mass is 9.81. The standard InChI is InChI=1S/C50H34N4/c51-31-35-19-14-20-36(32-52)48(35)43-29-42(34-17-6-2-7-18-34)47(30-41(43)33-15-4-1-5-16-33)54-45-26-13-11-24-40(45)49-46(54)28-27-39-38-23-10-12-25-44(38)53(50(39)49)37-21-8-3-9-22-37/h1-13,15-19,21-30,46,49H,14,20H2. The van der Waals surface area contributed by atoms with Gasteiger partial charge in [-0.1, -0.05) is 133 Å². The SMILES string of the molecule is N#CC1=CCCC(C#N)=C1c1cc(-c2ccccc2)c(N2c3ccccc3C3c4c(c5ccccc5n4-c4ccccc4)C=CC32)cc1-c1ccccc1. The van der Waals surface area contributed by atoms with Crippen molar-refractivity contribution in [1.29, 1.82) is 10.5 Å². The van der Waals surface area contributed by atoms with Gasteiger partial charge in [-0.3, -0.25) is 0 Å². The molecule has 10 rings (SSSR count). The van der Waals surface area contributed by atoms with Crippen LogP contribution in [0, 0.1) is 22.7 Å². The van der Waals surface area contributed by atoms with Crippen molar-refractivity contribution in [2.24, 2.45) is 0 Å². The lowest BCUT2D eigenvalue weighted by Crippen LogP contribution is -2.32. The molecule has 3 aliphatic rings. The number of benzene rings is 6. The van der Waals surface area contributed by atoms with E-state index in [1.165, 1.54) is 33.4 Å². The molecule has 7 aromatic rings. The summed E-state index contributed by atoms with van der Waals surface area (Å²) in [6.07, 6.45) is 8.01. The van der Waals surface area contributed by atoms with E-state index >= 15 is 0 Å². The van der Waals surface area contributed by atoms with Crippen LogP contribution in [0.3, 0.4) is 0 Å². The van der Waals surface area contributed by atoms with Crippen molar-refractivity contribution in [1.82, 2.24) is 4.57 Å². The Labute approximate surface area is 315 Å². The maximum Gasteiger partial charge on any atom is 0.0995 e. The van der Waals surface area contributed by atoms with Crippen LogP contribution in [0.4, 0.5) is 11.4 Å². The highest BCUT2D eigenvalue weighted by atomic mass is 15.2. The number of rotatable bonds is 5. The molecule has 0 fully saturated rings. The van der Waals surface area contributed by atoms with E-state index in [2.05, 4.69) is 173 Å². The second kappa shape index (κ2) is 12.8. The summed E-state index contributed by atoms with van der Waals surface area (Å²) in [6, 6.07) is 58.7. The number of nitrogens with zero attached hydrogens (tertiary/aromatic N) is 4. The summed E-state index contributed by atoms with van der Waals surface area (Å²) in [6.45, 7) is 0. The Kier molecular flexibility index (Phi) is 7.50. The lowest BCUT2D eigenvalue weighted by molar-refractivity contribution is 0.693. The number of nitriles is 2. The molecule has 0 saturated heterocycles. The molecule has 0 amide bonds. The summed E-state index contributed by atoms with van der Waals surface area (Å²) in [5.74, 6) is 0.0525. The van der Waals surface area contributed by atoms with Gasteiger partial charge >= 0.3 is 0 Å². The van der Waals surface area contributed by atoms with E-state index in [0.717, 1.165) is 44.8 Å². The van der Waals surface area contributed by atoms with E-state index in [1.54, 1.807) is 0 Å². The second-order valence-electron chi connectivity index (χ2n) is 14.1. The first-order valence-electron chi connectivity index (χ1n) is 18.5. The third kappa shape index (κ3) is 4.82. The summed E-state index contributed by atoms with van der Waals surface area (Å²) in [5, 5.41) is 22.1. The van der Waals surface area contributed by atoms with E-state index in [1.807, 2.05) is 18.2 Å². The highest BCUT2D eigenvalue weighted by Crippen LogP contribution is 2.56. The minimum absolute atomic E-state index is 0.0169. The van der Waals surface area contributed by atoms with Crippen molar-refractivity contribution in [2.45, 2.75) is 24.8 Å². The van der Waals surface area contributed by atoms with Crippen molar-refractivity contribution in [3.63, 3.8) is 0 Å². The van der Waals surface area contributed by atoms with Crippen molar-refractivity contribution in [3.05, 3.63) is 197 Å². The van der Waals surface area contributed by atoms with E-state index in [0.29, 0.717) is 24.0 Å². The molecule has 0 bridgehead atoms. The molecule has 1 aliphatic heterocycles. The number of allylic oxidation sites excluding steroid dienone is 4. The predicted octanol–water partition coefficient (Wildman–Crippen LogP) is 12.2. The Morgan fingerprint density at radius 2 is 1.28 bits per heavy atom. The smallest absolute Gasteiger partial charge is 0.0995 e. The zero-order valence-corrected chi connectivity index (χ0v) is 29.5. The Bertz CT molecular complexity index is 2790. The molecule has 2 aliphatic carbocycles. The van der Waals surface area contributed by atoms with E-state index in [-0.39, 0.29) is 12.0 Å². The third-order valence-electron chi connectivity index (χ3n) is 11.3. The summed E-state index contributed by atoms with van der Waals surface area (Å²) in [7, 11) is 0. The number of fused-ring (bicyclic) bond motifs is 7. The fourth-order valence-electron chi connectivity index (χ4n) is 9.05. The van der Waals surface area contributed by atoms with Gasteiger partial charge in [-0.15, -0.1) is 0 Å². The molecule has 4 heteroatoms. The summed E-state index contributed by atoms with van der Waals surface area (Å²) >= 11 is 0. The highest BCUT2D eigenvalue weighted by molar-refractivity contribution is 6.01. The van der Waals surface area contributed by atoms with Crippen LogP contribution in [0.1, 0.15) is 41.1 Å². The van der Waals surface area contributed by atoms with Gasteiger partial charge in [-0.25, -0.2) is 0 Å². The topological polar surface area (TPSA) is 55.8 Å². The van der Waals surface area contributed by atoms with Gasteiger partial charge in [0.05, 0.1) is 40.9 Å². The maximum atomic E-state index is 10.4. The first-order valence-corrected chi connectivity index (χ1v) is 18.5. The monoisotopic (exact) mass is 690 g/mol. The molecule has 2 atom stereocenters. The van der Waals surface area contributed by atoms with Crippen LogP contribution in [0.5, 0.6) is 0 Å². The predicted molar refractivity (Wildman–Crippen MR) is 219 cm³/mol. The van der Waals surface area contributed by atoms with E-state index in [9.17, 15) is 10.5 Å². The van der Waals surface area contributed by atoms with Crippen LogP contribution in [-0.4, -0.2) is 10.6 Å². The second-order valence-corrected chi connectivity index (χ2v) is 14.1. The number of anilines is 2. The summed E-state index contributed by atoms with van der Waals surface area (Å²) < 4.78 is 2.47. The van der Waals surface area contributed by atoms with Crippen LogP contribution in [0.15, 0.2) is 175 Å². The average molecular weight is 691 g/mol. The van der Waals surface area contributed by atoms with Gasteiger partial charge in [0, 0.05) is 44.7 Å². The van der Waals surface area contributed by atoms with Gasteiger partial charge in [0.2, 0.25) is 0 Å². The Hall–Kier alpha value is -7.14. The molecule has 2 heterocycles. The first kappa shape index (κ1) is 31.6. The van der Waals surface area contributed by atoms with Gasteiger partial charge in [-0.05, 0) is 77.1 Å². The van der Waals surface area contributed by atoms with Crippen molar-refractivity contribution >= 4 is 33.9 Å². The third-order valence-corrected chi connectivity index (χ3v) is 11.3. The van der Waals surface area contributed by atoms with Gasteiger partial charge in [0.1, 0.15) is 0 Å². The van der Waals surface area contributed by atoms with Gasteiger partial charge < -0.3 is 9.47 Å². The number of hydrogen-bond donors (Lipinski definition) is 0. The number of para-hydroxylation sites is 3. The van der Waals surface area contributed by atoms with Crippen LogP contribution in [-0.2, 0) is 0 Å². The molecule has 0 saturated carbocycles. The highest BCUT2D eigenvalue weighted by Gasteiger charge is 2.44. The molecule has 1 aromatic heterocycles. The van der Waals surface area contributed by atoms with Crippen LogP contribution < -0.4 is 4.90 Å². The van der Waals surface area contributed by atoms with E-state index < -0.39 is 0 Å². The zero-order chi connectivity index (χ0) is 36.2. The van der Waals surface area contributed by atoms with Gasteiger partial charge in [0.15, 0.2) is 0 Å². The molecule has 2 unspecified atom stereocenters. The van der Waals surface area contributed by atoms with Crippen molar-refractivity contribution < 1.29 is 0 Å². The molecule has 0 spiro atoms. The normalized spacial score (nSPS) is 17.0. The fourth-order valence-corrected chi connectivity index (χ4v) is 9.05. The molecule has 0 N–H and O–H groups in total. The summed E-state index contributed by atoms with van der Waals surface area (Å²) in [4.78, 5) is 2.53. The van der Waals surface area contributed by atoms with Crippen LogP contribution >= 0.6 is 0 Å². The number of aromatic nitrogens is 1. The largest absolute Gasteiger partial charge is 0.333 e. The minimum atomic E-state index is -0.0169. The Morgan fingerprint density at radius 3 is 2.02 bits per heavy atom. The van der Waals surface area contributed by atoms with Gasteiger partial charge in [-0.2, -0.15) is 10.5 Å². The molecule has 54 heavy (non-hydrogen) atoms. The Balaban J connectivity index is 1.27. The van der Waals surface area contributed by atoms with Crippen molar-refractivity contribution in [2.75, 3.05) is 4.90 Å². The molecule has 0 radical (unpaired) electrons. The molecular weight excluding hydrogens is 657 g/mol. The first-order chi connectivity index (χ1) is 26.7. The quantitative estimate of drug-likeness (QED) is 0.181. The zero-order valence-electron chi connectivity index (χ0n) is 29.5. The lowest BCUT2D eigenvalue weighted by Gasteiger charge is -2.34. The Morgan fingerprint density at radius 1 is 0.611 bits per heavy atom.